The van der Waals surface area contributed by atoms with Gasteiger partial charge in [0.05, 0.1) is 0 Å². The maximum atomic E-state index is 13.0. The Morgan fingerprint density at radius 1 is 1.27 bits per heavy atom. The van der Waals surface area contributed by atoms with Gasteiger partial charge in [-0.25, -0.2) is 0 Å². The zero-order valence-corrected chi connectivity index (χ0v) is 15.5. The second-order valence-electron chi connectivity index (χ2n) is 7.28. The third kappa shape index (κ3) is 4.28. The highest BCUT2D eigenvalue weighted by molar-refractivity contribution is 5.98. The molecule has 0 aliphatic heterocycles. The normalized spacial score (nSPS) is 18.5. The number of aromatic nitrogens is 1. The maximum Gasteiger partial charge on any atom is 0.254 e. The van der Waals surface area contributed by atoms with Crippen molar-refractivity contribution in [1.82, 2.24) is 9.88 Å². The van der Waals surface area contributed by atoms with Crippen LogP contribution in [0.3, 0.4) is 0 Å². The van der Waals surface area contributed by atoms with E-state index < -0.39 is 0 Å². The number of carbonyl (C=O) groups excluding carboxylic acids is 2. The molecule has 1 saturated carbocycles. The van der Waals surface area contributed by atoms with E-state index in [0.29, 0.717) is 23.7 Å². The largest absolute Gasteiger partial charge is 0.332 e. The van der Waals surface area contributed by atoms with Gasteiger partial charge in [-0.15, -0.1) is 0 Å². The van der Waals surface area contributed by atoms with Gasteiger partial charge in [-0.3, -0.25) is 14.6 Å². The quantitative estimate of drug-likeness (QED) is 0.862. The van der Waals surface area contributed by atoms with E-state index in [1.54, 1.807) is 29.4 Å². The lowest BCUT2D eigenvalue weighted by atomic mass is 10.1. The predicted molar refractivity (Wildman–Crippen MR) is 102 cm³/mol. The summed E-state index contributed by atoms with van der Waals surface area (Å²) in [5.41, 5.74) is 2.23. The molecule has 5 nitrogen and oxygen atoms in total. The number of nitrogens with one attached hydrogen (secondary N) is 1. The van der Waals surface area contributed by atoms with Crippen LogP contribution in [-0.2, 0) is 11.3 Å². The number of anilines is 1. The minimum atomic E-state index is -0.0558. The number of amides is 2. The lowest BCUT2D eigenvalue weighted by molar-refractivity contribution is -0.117. The number of benzene rings is 1. The lowest BCUT2D eigenvalue weighted by Gasteiger charge is -2.27. The van der Waals surface area contributed by atoms with E-state index in [9.17, 15) is 9.59 Å². The van der Waals surface area contributed by atoms with E-state index in [0.717, 1.165) is 12.0 Å². The van der Waals surface area contributed by atoms with Gasteiger partial charge in [0.15, 0.2) is 0 Å². The fraction of sp³-hybridized carbons (Fsp3) is 0.381. The van der Waals surface area contributed by atoms with Crippen LogP contribution in [0, 0.1) is 11.8 Å². The number of carbonyl (C=O) groups is 2. The molecule has 0 bridgehead atoms. The Hall–Kier alpha value is -2.69. The van der Waals surface area contributed by atoms with E-state index in [1.165, 1.54) is 0 Å². The van der Waals surface area contributed by atoms with Crippen molar-refractivity contribution in [3.63, 3.8) is 0 Å². The van der Waals surface area contributed by atoms with Crippen molar-refractivity contribution in [1.29, 1.82) is 0 Å². The van der Waals surface area contributed by atoms with Gasteiger partial charge >= 0.3 is 0 Å². The van der Waals surface area contributed by atoms with E-state index in [-0.39, 0.29) is 23.8 Å². The minimum absolute atomic E-state index is 0.0400. The number of pyridine rings is 1. The third-order valence-corrected chi connectivity index (χ3v) is 4.78. The molecule has 136 valence electrons. The molecular weight excluding hydrogens is 326 g/mol. The average molecular weight is 351 g/mol. The fourth-order valence-electron chi connectivity index (χ4n) is 3.00. The Bertz CT molecular complexity index is 789. The van der Waals surface area contributed by atoms with Gasteiger partial charge in [-0.05, 0) is 56.0 Å². The Labute approximate surface area is 154 Å². The fourth-order valence-corrected chi connectivity index (χ4v) is 3.00. The monoisotopic (exact) mass is 351 g/mol. The van der Waals surface area contributed by atoms with Gasteiger partial charge in [0.1, 0.15) is 0 Å². The number of hydrogen-bond donors (Lipinski definition) is 1. The second-order valence-corrected chi connectivity index (χ2v) is 7.28. The van der Waals surface area contributed by atoms with Gasteiger partial charge in [-0.2, -0.15) is 0 Å². The van der Waals surface area contributed by atoms with Gasteiger partial charge < -0.3 is 10.2 Å². The van der Waals surface area contributed by atoms with E-state index >= 15 is 0 Å². The Balaban J connectivity index is 1.74. The first-order valence-electron chi connectivity index (χ1n) is 9.06. The molecule has 0 spiro atoms. The first-order chi connectivity index (χ1) is 12.5. The van der Waals surface area contributed by atoms with Crippen LogP contribution in [0.2, 0.25) is 0 Å². The molecular formula is C21H25N3O2. The van der Waals surface area contributed by atoms with E-state index in [2.05, 4.69) is 17.2 Å². The molecule has 0 radical (unpaired) electrons. The zero-order chi connectivity index (χ0) is 18.7. The molecule has 1 aromatic heterocycles. The second kappa shape index (κ2) is 7.68. The minimum Gasteiger partial charge on any atom is -0.332 e. The first-order valence-corrected chi connectivity index (χ1v) is 9.06. The summed E-state index contributed by atoms with van der Waals surface area (Å²) in [5, 5.41) is 2.93. The Morgan fingerprint density at radius 3 is 2.65 bits per heavy atom. The number of rotatable bonds is 6. The molecule has 1 aliphatic carbocycles. The summed E-state index contributed by atoms with van der Waals surface area (Å²) in [5.74, 6) is 0.542. The summed E-state index contributed by atoms with van der Waals surface area (Å²) in [7, 11) is 0. The molecule has 0 unspecified atom stereocenters. The molecule has 2 amide bonds. The topological polar surface area (TPSA) is 62.3 Å². The summed E-state index contributed by atoms with van der Waals surface area (Å²) < 4.78 is 0. The summed E-state index contributed by atoms with van der Waals surface area (Å²) in [6.45, 7) is 6.56. The van der Waals surface area contributed by atoms with Crippen LogP contribution in [0.15, 0.2) is 48.8 Å². The number of hydrogen-bond acceptors (Lipinski definition) is 3. The highest BCUT2D eigenvalue weighted by Gasteiger charge is 2.39. The molecule has 2 aromatic rings. The third-order valence-electron chi connectivity index (χ3n) is 4.78. The van der Waals surface area contributed by atoms with Crippen molar-refractivity contribution in [2.45, 2.75) is 39.8 Å². The molecule has 1 heterocycles. The van der Waals surface area contributed by atoms with Crippen LogP contribution >= 0.6 is 0 Å². The Morgan fingerprint density at radius 2 is 2.04 bits per heavy atom. The van der Waals surface area contributed by atoms with E-state index in [1.807, 2.05) is 38.1 Å². The van der Waals surface area contributed by atoms with Gasteiger partial charge in [0.2, 0.25) is 5.91 Å². The van der Waals surface area contributed by atoms with Crippen LogP contribution in [0.5, 0.6) is 0 Å². The molecule has 5 heteroatoms. The van der Waals surface area contributed by atoms with Crippen LogP contribution in [0.4, 0.5) is 5.69 Å². The zero-order valence-electron chi connectivity index (χ0n) is 15.5. The summed E-state index contributed by atoms with van der Waals surface area (Å²) in [6, 6.07) is 11.1. The van der Waals surface area contributed by atoms with Crippen LogP contribution in [0.25, 0.3) is 0 Å². The van der Waals surface area contributed by atoms with Crippen LogP contribution < -0.4 is 5.32 Å². The van der Waals surface area contributed by atoms with Crippen molar-refractivity contribution in [3.05, 3.63) is 59.9 Å². The van der Waals surface area contributed by atoms with Crippen molar-refractivity contribution in [2.24, 2.45) is 11.8 Å². The Kier molecular flexibility index (Phi) is 5.35. The number of nitrogens with zero attached hydrogens (tertiary/aromatic N) is 2. The molecule has 0 saturated heterocycles. The van der Waals surface area contributed by atoms with Crippen molar-refractivity contribution in [3.8, 4) is 0 Å². The van der Waals surface area contributed by atoms with Crippen LogP contribution in [0.1, 0.15) is 43.1 Å². The highest BCUT2D eigenvalue weighted by atomic mass is 16.2. The molecule has 1 aromatic carbocycles. The molecule has 1 fully saturated rings. The predicted octanol–water partition coefficient (Wildman–Crippen LogP) is 3.73. The summed E-state index contributed by atoms with van der Waals surface area (Å²) in [6.07, 6.45) is 4.44. The molecule has 1 N–H and O–H groups in total. The summed E-state index contributed by atoms with van der Waals surface area (Å²) in [4.78, 5) is 31.1. The van der Waals surface area contributed by atoms with Gasteiger partial charge in [0.25, 0.3) is 5.91 Å². The van der Waals surface area contributed by atoms with Crippen molar-refractivity contribution >= 4 is 17.5 Å². The molecule has 3 rings (SSSR count). The SMILES string of the molecule is CC(C)N(Cc1cccnc1)C(=O)c1cccc(NC(=O)[C@H]2C[C@@H]2C)c1. The highest BCUT2D eigenvalue weighted by Crippen LogP contribution is 2.38. The van der Waals surface area contributed by atoms with Gasteiger partial charge in [-0.1, -0.05) is 19.1 Å². The van der Waals surface area contributed by atoms with E-state index in [4.69, 9.17) is 0 Å². The average Bonchev–Trinajstić information content (AvgIpc) is 3.37. The van der Waals surface area contributed by atoms with Crippen molar-refractivity contribution in [2.75, 3.05) is 5.32 Å². The van der Waals surface area contributed by atoms with Gasteiger partial charge in [0, 0.05) is 42.1 Å². The molecule has 1 aliphatic rings. The van der Waals surface area contributed by atoms with Crippen LogP contribution in [-0.4, -0.2) is 27.7 Å². The standard InChI is InChI=1S/C21H25N3O2/c1-14(2)24(13-16-6-5-9-22-12-16)21(26)17-7-4-8-18(11-17)23-20(25)19-10-15(19)3/h4-9,11-12,14-15,19H,10,13H2,1-3H3,(H,23,25)/t15-,19-/m0/s1. The smallest absolute Gasteiger partial charge is 0.254 e. The molecule has 26 heavy (non-hydrogen) atoms. The lowest BCUT2D eigenvalue weighted by Crippen LogP contribution is -2.36. The summed E-state index contributed by atoms with van der Waals surface area (Å²) >= 11 is 0. The van der Waals surface area contributed by atoms with Crippen molar-refractivity contribution < 1.29 is 9.59 Å². The molecule has 2 atom stereocenters. The maximum absolute atomic E-state index is 13.0. The first kappa shape index (κ1) is 18.1.